The average Bonchev–Trinajstić information content (AvgIpc) is 2.82. The van der Waals surface area contributed by atoms with Crippen molar-refractivity contribution in [2.45, 2.75) is 158 Å². The fraction of sp³-hybridized carbons (Fsp3) is 0.722. The van der Waals surface area contributed by atoms with E-state index in [1.165, 1.54) is 63.0 Å². The van der Waals surface area contributed by atoms with E-state index in [1.807, 2.05) is 0 Å². The molecule has 1 nitrogen and oxygen atoms in total. The van der Waals surface area contributed by atoms with Crippen LogP contribution in [-0.2, 0) is 4.43 Å². The topological polar surface area (TPSA) is 9.23 Å². The van der Waals surface area contributed by atoms with Crippen molar-refractivity contribution in [3.8, 4) is 11.8 Å². The fourth-order valence-corrected chi connectivity index (χ4v) is 21.1. The molecule has 0 fully saturated rings. The van der Waals surface area contributed by atoms with Crippen molar-refractivity contribution in [1.82, 2.24) is 0 Å². The van der Waals surface area contributed by atoms with Gasteiger partial charge in [0.15, 0.2) is 8.32 Å². The predicted molar refractivity (Wildman–Crippen MR) is 182 cm³/mol. The van der Waals surface area contributed by atoms with E-state index >= 15 is 0 Å². The van der Waals surface area contributed by atoms with Crippen LogP contribution in [0.15, 0.2) is 45.1 Å². The Kier molecular flexibility index (Phi) is 15.7. The van der Waals surface area contributed by atoms with Gasteiger partial charge in [-0.3, -0.25) is 0 Å². The molecule has 222 valence electrons. The van der Waals surface area contributed by atoms with E-state index in [4.69, 9.17) is 4.43 Å². The Morgan fingerprint density at radius 3 is 1.97 bits per heavy atom. The van der Waals surface area contributed by atoms with Crippen molar-refractivity contribution in [1.29, 1.82) is 0 Å². The number of hydrogen-bond acceptors (Lipinski definition) is 1. The molecule has 0 saturated carbocycles. The molecule has 0 radical (unpaired) electrons. The summed E-state index contributed by atoms with van der Waals surface area (Å²) >= 11 is -2.19. The zero-order chi connectivity index (χ0) is 29.7. The second-order valence-electron chi connectivity index (χ2n) is 14.5. The zero-order valence-corrected chi connectivity index (χ0v) is 32.0. The Balaban J connectivity index is 2.99. The van der Waals surface area contributed by atoms with E-state index in [0.29, 0.717) is 6.10 Å². The van der Waals surface area contributed by atoms with Gasteiger partial charge in [-0.05, 0) is 18.1 Å². The molecule has 0 aromatic heterocycles. The predicted octanol–water partition coefficient (Wildman–Crippen LogP) is 12.0. The van der Waals surface area contributed by atoms with Gasteiger partial charge in [0.25, 0.3) is 0 Å². The molecule has 0 unspecified atom stereocenters. The summed E-state index contributed by atoms with van der Waals surface area (Å²) in [4.78, 5) is 0. The van der Waals surface area contributed by atoms with Crippen molar-refractivity contribution in [3.63, 3.8) is 0 Å². The van der Waals surface area contributed by atoms with Crippen LogP contribution in [0.25, 0.3) is 0 Å². The van der Waals surface area contributed by atoms with Gasteiger partial charge >= 0.3 is 200 Å². The summed E-state index contributed by atoms with van der Waals surface area (Å²) in [5.41, 5.74) is 3.90. The summed E-state index contributed by atoms with van der Waals surface area (Å²) in [5, 5.41) is 0.241. The van der Waals surface area contributed by atoms with Crippen LogP contribution in [-0.4, -0.2) is 32.8 Å². The molecule has 1 rings (SSSR count). The molecule has 0 saturated heterocycles. The molecule has 3 heteroatoms. The minimum absolute atomic E-state index is 0.0486. The molecule has 1 aliphatic carbocycles. The Morgan fingerprint density at radius 2 is 1.51 bits per heavy atom. The van der Waals surface area contributed by atoms with Crippen molar-refractivity contribution in [2.75, 3.05) is 0 Å². The van der Waals surface area contributed by atoms with Gasteiger partial charge in [-0.15, -0.1) is 0 Å². The van der Waals surface area contributed by atoms with Gasteiger partial charge in [0.2, 0.25) is 0 Å². The zero-order valence-electron chi connectivity index (χ0n) is 28.2. The molecule has 0 amide bonds. The molecule has 0 bridgehead atoms. The summed E-state index contributed by atoms with van der Waals surface area (Å²) < 4.78 is 14.1. The molecule has 0 aromatic rings. The third kappa shape index (κ3) is 12.5. The van der Waals surface area contributed by atoms with E-state index in [0.717, 1.165) is 18.4 Å². The van der Waals surface area contributed by atoms with Gasteiger partial charge < -0.3 is 4.43 Å². The first-order chi connectivity index (χ1) is 18.1. The van der Waals surface area contributed by atoms with Gasteiger partial charge in [0.1, 0.15) is 0 Å². The molecule has 0 aromatic carbocycles. The van der Waals surface area contributed by atoms with Gasteiger partial charge in [-0.25, -0.2) is 0 Å². The average molecular weight is 660 g/mol. The van der Waals surface area contributed by atoms with Crippen LogP contribution in [0.4, 0.5) is 0 Å². The van der Waals surface area contributed by atoms with Crippen LogP contribution in [0.1, 0.15) is 121 Å². The van der Waals surface area contributed by atoms with E-state index in [9.17, 15) is 0 Å². The summed E-state index contributed by atoms with van der Waals surface area (Å²) in [6.07, 6.45) is 19.7. The second-order valence-corrected chi connectivity index (χ2v) is 32.2. The van der Waals surface area contributed by atoms with E-state index in [2.05, 4.69) is 123 Å². The second kappa shape index (κ2) is 16.8. The van der Waals surface area contributed by atoms with Crippen LogP contribution < -0.4 is 0 Å². The van der Waals surface area contributed by atoms with Crippen molar-refractivity contribution in [2.24, 2.45) is 5.41 Å². The normalized spacial score (nSPS) is 19.2. The maximum absolute atomic E-state index is 6.82. The Hall–Kier alpha value is -0.504. The molecule has 0 heterocycles. The molecule has 0 aliphatic heterocycles. The SMILES string of the molecule is CCC[CH2][Sn](/[CH]=C/C=C\C=C(/C)C#CC1=C(C)C[C@@H](O[Si](C)(C)C(C)(C)C)CC1(C)C)([CH2]CCC)[CH2]CCC. The Labute approximate surface area is 250 Å². The van der Waals surface area contributed by atoms with Crippen molar-refractivity contribution in [3.05, 3.63) is 45.1 Å². The molecule has 1 aliphatic rings. The standard InChI is InChI=1S/C24H37OSi.3C4H9.Sn/c1-11-12-13-14-19(2)15-16-22-20(3)17-21(18-24(22,7)8)25-26(9,10)23(4,5)6;3*1-3-4-2;/h1,11-14,21H,17-18H2,2-10H3;3*1,3-4H2,2H3;/b11-1?,13-12-,19-14+;;;;/t21-;;;;/m1..../s1. The van der Waals surface area contributed by atoms with Crippen molar-refractivity contribution < 1.29 is 4.43 Å². The maximum atomic E-state index is 6.82. The first-order valence-corrected chi connectivity index (χ1v) is 26.7. The summed E-state index contributed by atoms with van der Waals surface area (Å²) in [5.74, 6) is 7.06. The fourth-order valence-electron chi connectivity index (χ4n) is 5.66. The molecule has 39 heavy (non-hydrogen) atoms. The summed E-state index contributed by atoms with van der Waals surface area (Å²) in [6, 6.07) is 0. The first-order valence-electron chi connectivity index (χ1n) is 16.1. The molecular weight excluding hydrogens is 595 g/mol. The van der Waals surface area contributed by atoms with Crippen LogP contribution in [0, 0.1) is 17.3 Å². The van der Waals surface area contributed by atoms with E-state index < -0.39 is 26.7 Å². The Morgan fingerprint density at radius 1 is 0.974 bits per heavy atom. The van der Waals surface area contributed by atoms with Crippen LogP contribution in [0.2, 0.25) is 31.4 Å². The van der Waals surface area contributed by atoms with Gasteiger partial charge in [-0.1, -0.05) is 20.8 Å². The third-order valence-electron chi connectivity index (χ3n) is 9.13. The van der Waals surface area contributed by atoms with Gasteiger partial charge in [0, 0.05) is 0 Å². The quantitative estimate of drug-likeness (QED) is 0.102. The minimum atomic E-state index is -2.19. The third-order valence-corrected chi connectivity index (χ3v) is 27.8. The van der Waals surface area contributed by atoms with Crippen LogP contribution in [0.5, 0.6) is 0 Å². The molecular formula is C36H64OSiSn. The summed E-state index contributed by atoms with van der Waals surface area (Å²) in [7, 11) is -1.77. The summed E-state index contributed by atoms with van der Waals surface area (Å²) in [6.45, 7) is 27.9. The first kappa shape index (κ1) is 36.5. The number of hydrogen-bond donors (Lipinski definition) is 0. The number of unbranched alkanes of at least 4 members (excludes halogenated alkanes) is 3. The number of rotatable bonds is 14. The Bertz CT molecular complexity index is 908. The van der Waals surface area contributed by atoms with Gasteiger partial charge in [0.05, 0.1) is 0 Å². The van der Waals surface area contributed by atoms with Crippen molar-refractivity contribution >= 4 is 26.7 Å². The van der Waals surface area contributed by atoms with E-state index in [1.54, 1.807) is 0 Å². The molecule has 0 spiro atoms. The van der Waals surface area contributed by atoms with Crippen LogP contribution in [0.3, 0.4) is 0 Å². The van der Waals surface area contributed by atoms with Gasteiger partial charge in [-0.2, -0.15) is 0 Å². The van der Waals surface area contributed by atoms with E-state index in [-0.39, 0.29) is 10.5 Å². The van der Waals surface area contributed by atoms with Crippen LogP contribution >= 0.6 is 0 Å². The monoisotopic (exact) mass is 660 g/mol. The molecule has 0 N–H and O–H groups in total. The number of allylic oxidation sites excluding steroid dienone is 6. The molecule has 1 atom stereocenters.